The Hall–Kier alpha value is -2.19. The predicted molar refractivity (Wildman–Crippen MR) is 107 cm³/mol. The molecular weight excluding hydrogens is 376 g/mol. The van der Waals surface area contributed by atoms with Crippen molar-refractivity contribution in [3.63, 3.8) is 0 Å². The topological polar surface area (TPSA) is 84.3 Å². The number of benzene rings is 1. The fourth-order valence-corrected chi connectivity index (χ4v) is 5.12. The van der Waals surface area contributed by atoms with Crippen molar-refractivity contribution in [1.29, 1.82) is 0 Å². The summed E-state index contributed by atoms with van der Waals surface area (Å²) in [5.41, 5.74) is 0. The van der Waals surface area contributed by atoms with Crippen LogP contribution in [0.1, 0.15) is 32.1 Å². The molecule has 152 valence electrons. The molecule has 1 N–H and O–H groups in total. The number of nitrogens with zero attached hydrogens (tertiary/aromatic N) is 3. The summed E-state index contributed by atoms with van der Waals surface area (Å²) in [5.74, 6) is 0.255. The van der Waals surface area contributed by atoms with Crippen LogP contribution >= 0.6 is 0 Å². The highest BCUT2D eigenvalue weighted by atomic mass is 32.2. The number of rotatable bonds is 9. The van der Waals surface area contributed by atoms with Gasteiger partial charge >= 0.3 is 0 Å². The number of aryl methyl sites for hydroxylation is 1. The van der Waals surface area contributed by atoms with Crippen LogP contribution in [0.3, 0.4) is 0 Å². The molecule has 0 saturated carbocycles. The Labute approximate surface area is 166 Å². The maximum absolute atomic E-state index is 12.8. The number of sulfonamides is 1. The normalized spacial score (nSPS) is 18.1. The van der Waals surface area contributed by atoms with Gasteiger partial charge in [-0.15, -0.1) is 0 Å². The molecule has 3 rings (SSSR count). The third-order valence-corrected chi connectivity index (χ3v) is 6.97. The largest absolute Gasteiger partial charge is 0.356 e. The van der Waals surface area contributed by atoms with Crippen LogP contribution in [0, 0.1) is 5.92 Å². The van der Waals surface area contributed by atoms with Gasteiger partial charge in [0.1, 0.15) is 0 Å². The summed E-state index contributed by atoms with van der Waals surface area (Å²) < 4.78 is 29.0. The van der Waals surface area contributed by atoms with Crippen LogP contribution in [0.15, 0.2) is 53.7 Å². The van der Waals surface area contributed by atoms with Crippen molar-refractivity contribution in [2.45, 2.75) is 43.5 Å². The predicted octanol–water partition coefficient (Wildman–Crippen LogP) is 2.27. The van der Waals surface area contributed by atoms with E-state index in [-0.39, 0.29) is 11.8 Å². The molecule has 1 fully saturated rings. The van der Waals surface area contributed by atoms with Gasteiger partial charge in [0, 0.05) is 45.0 Å². The second-order valence-corrected chi connectivity index (χ2v) is 9.13. The molecule has 2 aromatic rings. The monoisotopic (exact) mass is 404 g/mol. The molecule has 1 saturated heterocycles. The Morgan fingerprint density at radius 2 is 2.04 bits per heavy atom. The summed E-state index contributed by atoms with van der Waals surface area (Å²) in [5, 5.41) is 7.07. The molecule has 1 aliphatic rings. The van der Waals surface area contributed by atoms with Crippen LogP contribution < -0.4 is 5.32 Å². The molecule has 1 amide bonds. The number of piperidine rings is 1. The maximum Gasteiger partial charge on any atom is 0.243 e. The van der Waals surface area contributed by atoms with E-state index >= 15 is 0 Å². The van der Waals surface area contributed by atoms with Gasteiger partial charge < -0.3 is 5.32 Å². The van der Waals surface area contributed by atoms with E-state index in [1.165, 1.54) is 0 Å². The Kier molecular flexibility index (Phi) is 7.22. The molecule has 1 aromatic heterocycles. The fraction of sp³-hybridized carbons (Fsp3) is 0.500. The first-order valence-electron chi connectivity index (χ1n) is 9.85. The summed E-state index contributed by atoms with van der Waals surface area (Å²) in [6.07, 6.45) is 7.43. The highest BCUT2D eigenvalue weighted by Gasteiger charge is 2.30. The van der Waals surface area contributed by atoms with Crippen molar-refractivity contribution in [2.24, 2.45) is 5.92 Å². The van der Waals surface area contributed by atoms with Gasteiger partial charge in [0.15, 0.2) is 0 Å². The number of hydrogen-bond donors (Lipinski definition) is 1. The minimum Gasteiger partial charge on any atom is -0.356 e. The van der Waals surface area contributed by atoms with E-state index in [0.29, 0.717) is 37.4 Å². The molecule has 8 heteroatoms. The summed E-state index contributed by atoms with van der Waals surface area (Å²) in [6.45, 7) is 2.44. The maximum atomic E-state index is 12.8. The Morgan fingerprint density at radius 3 is 2.79 bits per heavy atom. The van der Waals surface area contributed by atoms with Crippen molar-refractivity contribution in [3.05, 3.63) is 48.8 Å². The molecule has 7 nitrogen and oxygen atoms in total. The lowest BCUT2D eigenvalue weighted by Gasteiger charge is -2.31. The smallest absolute Gasteiger partial charge is 0.243 e. The van der Waals surface area contributed by atoms with Gasteiger partial charge in [0.05, 0.1) is 4.90 Å². The third-order valence-electron chi connectivity index (χ3n) is 5.09. The Morgan fingerprint density at radius 1 is 1.21 bits per heavy atom. The van der Waals surface area contributed by atoms with Gasteiger partial charge in [-0.3, -0.25) is 9.48 Å². The van der Waals surface area contributed by atoms with Gasteiger partial charge in [-0.2, -0.15) is 9.40 Å². The fourth-order valence-electron chi connectivity index (χ4n) is 3.55. The van der Waals surface area contributed by atoms with Crippen LogP contribution in [0.2, 0.25) is 0 Å². The van der Waals surface area contributed by atoms with Gasteiger partial charge in [0.25, 0.3) is 0 Å². The molecule has 1 atom stereocenters. The summed E-state index contributed by atoms with van der Waals surface area (Å²) >= 11 is 0. The molecule has 0 bridgehead atoms. The number of nitrogens with one attached hydrogen (secondary N) is 1. The second-order valence-electron chi connectivity index (χ2n) is 7.20. The van der Waals surface area contributed by atoms with Gasteiger partial charge in [0.2, 0.25) is 15.9 Å². The van der Waals surface area contributed by atoms with Crippen molar-refractivity contribution >= 4 is 15.9 Å². The zero-order valence-electron chi connectivity index (χ0n) is 16.0. The van der Waals surface area contributed by atoms with E-state index in [4.69, 9.17) is 0 Å². The van der Waals surface area contributed by atoms with Crippen molar-refractivity contribution in [1.82, 2.24) is 19.4 Å². The lowest BCUT2D eigenvalue weighted by molar-refractivity contribution is -0.121. The average molecular weight is 405 g/mol. The summed E-state index contributed by atoms with van der Waals surface area (Å²) in [4.78, 5) is 12.4. The highest BCUT2D eigenvalue weighted by molar-refractivity contribution is 7.89. The van der Waals surface area contributed by atoms with Crippen LogP contribution in [-0.2, 0) is 21.4 Å². The number of aromatic nitrogens is 2. The Bertz CT molecular complexity index is 838. The average Bonchev–Trinajstić information content (AvgIpc) is 3.24. The van der Waals surface area contributed by atoms with Gasteiger partial charge in [-0.05, 0) is 49.8 Å². The van der Waals surface area contributed by atoms with E-state index in [1.807, 2.05) is 23.0 Å². The van der Waals surface area contributed by atoms with E-state index in [2.05, 4.69) is 10.4 Å². The molecule has 1 aliphatic heterocycles. The van der Waals surface area contributed by atoms with Crippen LogP contribution in [-0.4, -0.2) is 48.0 Å². The quantitative estimate of drug-likeness (QED) is 0.650. The van der Waals surface area contributed by atoms with E-state index < -0.39 is 10.0 Å². The van der Waals surface area contributed by atoms with Crippen LogP contribution in [0.25, 0.3) is 0 Å². The van der Waals surface area contributed by atoms with Crippen molar-refractivity contribution in [3.8, 4) is 0 Å². The Balaban J connectivity index is 1.40. The lowest BCUT2D eigenvalue weighted by atomic mass is 9.94. The van der Waals surface area contributed by atoms with Gasteiger partial charge in [-0.1, -0.05) is 18.2 Å². The number of carbonyl (C=O) groups is 1. The highest BCUT2D eigenvalue weighted by Crippen LogP contribution is 2.26. The molecule has 1 aromatic carbocycles. The molecule has 28 heavy (non-hydrogen) atoms. The number of amides is 1. The third kappa shape index (κ3) is 5.65. The first-order chi connectivity index (χ1) is 13.6. The van der Waals surface area contributed by atoms with E-state index in [1.54, 1.807) is 34.8 Å². The number of carbonyl (C=O) groups excluding carboxylic acids is 1. The molecular formula is C20H28N4O3S. The molecule has 1 unspecified atom stereocenters. The first kappa shape index (κ1) is 20.5. The summed E-state index contributed by atoms with van der Waals surface area (Å²) in [7, 11) is -3.45. The van der Waals surface area contributed by atoms with Crippen molar-refractivity contribution < 1.29 is 13.2 Å². The number of hydrogen-bond acceptors (Lipinski definition) is 4. The molecule has 2 heterocycles. The van der Waals surface area contributed by atoms with Crippen molar-refractivity contribution in [2.75, 3.05) is 19.6 Å². The van der Waals surface area contributed by atoms with E-state index in [9.17, 15) is 13.2 Å². The standard InChI is InChI=1S/C20H28N4O3S/c25-20(21-12-5-14-23-15-6-13-22-23)11-10-18-7-4-16-24(17-18)28(26,27)19-8-2-1-3-9-19/h1-3,6,8-9,13,15,18H,4-5,7,10-12,14,16-17H2,(H,21,25). The van der Waals surface area contributed by atoms with Gasteiger partial charge in [-0.25, -0.2) is 8.42 Å². The minimum absolute atomic E-state index is 0.0310. The van der Waals surface area contributed by atoms with Crippen LogP contribution in [0.5, 0.6) is 0 Å². The summed E-state index contributed by atoms with van der Waals surface area (Å²) in [6, 6.07) is 10.4. The molecule has 0 spiro atoms. The zero-order valence-corrected chi connectivity index (χ0v) is 16.9. The van der Waals surface area contributed by atoms with Crippen LogP contribution in [0.4, 0.5) is 0 Å². The lowest BCUT2D eigenvalue weighted by Crippen LogP contribution is -2.40. The minimum atomic E-state index is -3.45. The SMILES string of the molecule is O=C(CCC1CCCN(S(=O)(=O)c2ccccc2)C1)NCCCn1cccn1. The molecule has 0 radical (unpaired) electrons. The van der Waals surface area contributed by atoms with E-state index in [0.717, 1.165) is 25.8 Å². The molecule has 0 aliphatic carbocycles. The zero-order chi connectivity index (χ0) is 19.8. The first-order valence-corrected chi connectivity index (χ1v) is 11.3. The second kappa shape index (κ2) is 9.84.